The lowest BCUT2D eigenvalue weighted by Gasteiger charge is -2.29. The lowest BCUT2D eigenvalue weighted by molar-refractivity contribution is 0.100. The molecule has 0 spiro atoms. The van der Waals surface area contributed by atoms with Crippen LogP contribution in [0.5, 0.6) is 0 Å². The number of amidine groups is 1. The van der Waals surface area contributed by atoms with E-state index in [4.69, 9.17) is 0 Å². The normalized spacial score (nSPS) is 24.1. The number of benzene rings is 2. The average molecular weight is 429 g/mol. The van der Waals surface area contributed by atoms with Crippen molar-refractivity contribution in [2.24, 2.45) is 4.99 Å². The molecule has 0 unspecified atom stereocenters. The van der Waals surface area contributed by atoms with Crippen LogP contribution in [0.25, 0.3) is 0 Å². The quantitative estimate of drug-likeness (QED) is 0.742. The van der Waals surface area contributed by atoms with Crippen LogP contribution in [0.3, 0.4) is 0 Å². The number of fused-ring (bicyclic) bond motifs is 1. The molecule has 1 amide bonds. The number of aryl methyl sites for hydroxylation is 2. The fourth-order valence-electron chi connectivity index (χ4n) is 4.08. The maximum Gasteiger partial charge on any atom is 0.279 e. The SMILES string of the molecule is CCc1cccc(CC)c1N1C(=NC(=O)c2ccccc2)S[C@@H]2CS(=O)(=O)C[C@H]21. The Labute approximate surface area is 176 Å². The van der Waals surface area contributed by atoms with Gasteiger partial charge in [-0.2, -0.15) is 4.99 Å². The second-order valence-electron chi connectivity index (χ2n) is 7.37. The summed E-state index contributed by atoms with van der Waals surface area (Å²) in [7, 11) is -3.09. The summed E-state index contributed by atoms with van der Waals surface area (Å²) in [6.45, 7) is 4.19. The topological polar surface area (TPSA) is 66.8 Å². The molecule has 29 heavy (non-hydrogen) atoms. The third-order valence-electron chi connectivity index (χ3n) is 5.49. The molecule has 5 nitrogen and oxygen atoms in total. The molecule has 0 saturated carbocycles. The molecule has 0 bridgehead atoms. The third-order valence-corrected chi connectivity index (χ3v) is 8.70. The van der Waals surface area contributed by atoms with Gasteiger partial charge in [-0.1, -0.05) is 62.0 Å². The molecular formula is C22H24N2O3S2. The van der Waals surface area contributed by atoms with E-state index < -0.39 is 9.84 Å². The number of thioether (sulfide) groups is 1. The van der Waals surface area contributed by atoms with E-state index >= 15 is 0 Å². The van der Waals surface area contributed by atoms with Crippen molar-refractivity contribution < 1.29 is 13.2 Å². The number of amides is 1. The third kappa shape index (κ3) is 3.85. The molecule has 2 saturated heterocycles. The highest BCUT2D eigenvalue weighted by molar-refractivity contribution is 8.16. The first-order valence-corrected chi connectivity index (χ1v) is 12.6. The summed E-state index contributed by atoms with van der Waals surface area (Å²) in [6.07, 6.45) is 1.66. The zero-order chi connectivity index (χ0) is 20.6. The summed E-state index contributed by atoms with van der Waals surface area (Å²) in [5, 5.41) is 0.510. The van der Waals surface area contributed by atoms with Gasteiger partial charge in [-0.15, -0.1) is 0 Å². The van der Waals surface area contributed by atoms with Gasteiger partial charge in [0.05, 0.1) is 17.5 Å². The van der Waals surface area contributed by atoms with Crippen molar-refractivity contribution in [1.82, 2.24) is 0 Å². The van der Waals surface area contributed by atoms with E-state index in [0.29, 0.717) is 10.7 Å². The standard InChI is InChI=1S/C22H24N2O3S2/c1-3-15-11-8-12-16(4-2)20(15)24-18-13-29(26,27)14-19(18)28-22(24)23-21(25)17-9-6-5-7-10-17/h5-12,18-19H,3-4,13-14H2,1-2H3/t18-,19-/m1/s1. The van der Waals surface area contributed by atoms with Crippen LogP contribution in [0.2, 0.25) is 0 Å². The molecule has 0 radical (unpaired) electrons. The zero-order valence-corrected chi connectivity index (χ0v) is 18.2. The maximum absolute atomic E-state index is 12.8. The van der Waals surface area contributed by atoms with E-state index in [2.05, 4.69) is 31.0 Å². The average Bonchev–Trinajstić information content (AvgIpc) is 3.18. The Morgan fingerprint density at radius 1 is 1.03 bits per heavy atom. The number of carbonyl (C=O) groups excluding carboxylic acids is 1. The molecule has 2 aromatic rings. The highest BCUT2D eigenvalue weighted by Crippen LogP contribution is 2.43. The van der Waals surface area contributed by atoms with Crippen LogP contribution in [-0.4, -0.2) is 42.3 Å². The van der Waals surface area contributed by atoms with Crippen LogP contribution in [0.15, 0.2) is 53.5 Å². The van der Waals surface area contributed by atoms with Crippen molar-refractivity contribution in [2.45, 2.75) is 38.0 Å². The molecule has 2 fully saturated rings. The fourth-order valence-corrected chi connectivity index (χ4v) is 7.98. The molecule has 0 aromatic heterocycles. The number of sulfone groups is 1. The van der Waals surface area contributed by atoms with Crippen LogP contribution in [0.1, 0.15) is 35.3 Å². The van der Waals surface area contributed by atoms with Gasteiger partial charge >= 0.3 is 0 Å². The summed E-state index contributed by atoms with van der Waals surface area (Å²) in [4.78, 5) is 19.3. The van der Waals surface area contributed by atoms with Gasteiger partial charge in [0.25, 0.3) is 5.91 Å². The highest BCUT2D eigenvalue weighted by atomic mass is 32.2. The van der Waals surface area contributed by atoms with Crippen molar-refractivity contribution in [3.8, 4) is 0 Å². The smallest absolute Gasteiger partial charge is 0.279 e. The summed E-state index contributed by atoms with van der Waals surface area (Å²) in [5.74, 6) is -0.0645. The zero-order valence-electron chi connectivity index (χ0n) is 16.5. The Bertz CT molecular complexity index is 1040. The number of rotatable bonds is 4. The second kappa shape index (κ2) is 7.95. The second-order valence-corrected chi connectivity index (χ2v) is 10.7. The Morgan fingerprint density at radius 3 is 2.31 bits per heavy atom. The molecule has 2 aliphatic heterocycles. The van der Waals surface area contributed by atoms with Crippen molar-refractivity contribution >= 4 is 38.4 Å². The Kier molecular flexibility index (Phi) is 5.53. The highest BCUT2D eigenvalue weighted by Gasteiger charge is 2.50. The van der Waals surface area contributed by atoms with Gasteiger partial charge in [0, 0.05) is 16.5 Å². The number of aliphatic imine (C=N–C) groups is 1. The van der Waals surface area contributed by atoms with Gasteiger partial charge in [0.2, 0.25) is 0 Å². The number of hydrogen-bond donors (Lipinski definition) is 0. The number of hydrogen-bond acceptors (Lipinski definition) is 4. The number of carbonyl (C=O) groups is 1. The molecule has 0 N–H and O–H groups in total. The van der Waals surface area contributed by atoms with Crippen LogP contribution < -0.4 is 4.90 Å². The van der Waals surface area contributed by atoms with Crippen molar-refractivity contribution in [3.05, 3.63) is 65.2 Å². The maximum atomic E-state index is 12.8. The largest absolute Gasteiger partial charge is 0.315 e. The molecule has 2 aliphatic rings. The minimum Gasteiger partial charge on any atom is -0.315 e. The number of nitrogens with zero attached hydrogens (tertiary/aromatic N) is 2. The summed E-state index contributed by atoms with van der Waals surface area (Å²) >= 11 is 1.42. The van der Waals surface area contributed by atoms with Gasteiger partial charge in [-0.25, -0.2) is 8.42 Å². The minimum atomic E-state index is -3.09. The van der Waals surface area contributed by atoms with E-state index in [1.165, 1.54) is 11.8 Å². The predicted octanol–water partition coefficient (Wildman–Crippen LogP) is 3.73. The van der Waals surface area contributed by atoms with Gasteiger partial charge < -0.3 is 4.90 Å². The first kappa shape index (κ1) is 20.2. The fraction of sp³-hybridized carbons (Fsp3) is 0.364. The molecule has 7 heteroatoms. The first-order chi connectivity index (χ1) is 13.9. The summed E-state index contributed by atoms with van der Waals surface area (Å²) in [6, 6.07) is 15.0. The molecule has 2 aromatic carbocycles. The molecule has 152 valence electrons. The van der Waals surface area contributed by atoms with Crippen LogP contribution in [0, 0.1) is 0 Å². The Hall–Kier alpha value is -2.12. The van der Waals surface area contributed by atoms with Gasteiger partial charge in [0.15, 0.2) is 15.0 Å². The van der Waals surface area contributed by atoms with E-state index in [1.807, 2.05) is 29.2 Å². The van der Waals surface area contributed by atoms with Crippen molar-refractivity contribution in [3.63, 3.8) is 0 Å². The number of anilines is 1. The summed E-state index contributed by atoms with van der Waals surface area (Å²) < 4.78 is 24.7. The summed E-state index contributed by atoms with van der Waals surface area (Å²) in [5.41, 5.74) is 3.85. The van der Waals surface area contributed by atoms with E-state index in [-0.39, 0.29) is 28.7 Å². The van der Waals surface area contributed by atoms with Crippen LogP contribution >= 0.6 is 11.8 Å². The van der Waals surface area contributed by atoms with Crippen molar-refractivity contribution in [2.75, 3.05) is 16.4 Å². The minimum absolute atomic E-state index is 0.100. The molecule has 0 aliphatic carbocycles. The monoisotopic (exact) mass is 428 g/mol. The van der Waals surface area contributed by atoms with Gasteiger partial charge in [-0.05, 0) is 36.1 Å². The lowest BCUT2D eigenvalue weighted by atomic mass is 10.0. The van der Waals surface area contributed by atoms with Crippen LogP contribution in [-0.2, 0) is 22.7 Å². The predicted molar refractivity (Wildman–Crippen MR) is 120 cm³/mol. The first-order valence-electron chi connectivity index (χ1n) is 9.88. The van der Waals surface area contributed by atoms with E-state index in [0.717, 1.165) is 29.7 Å². The van der Waals surface area contributed by atoms with E-state index in [1.54, 1.807) is 12.1 Å². The number of para-hydroxylation sites is 1. The molecule has 2 heterocycles. The van der Waals surface area contributed by atoms with Crippen molar-refractivity contribution in [1.29, 1.82) is 0 Å². The molecular weight excluding hydrogens is 404 g/mol. The van der Waals surface area contributed by atoms with E-state index in [9.17, 15) is 13.2 Å². The van der Waals surface area contributed by atoms with Gasteiger partial charge in [0.1, 0.15) is 0 Å². The van der Waals surface area contributed by atoms with Gasteiger partial charge in [-0.3, -0.25) is 4.79 Å². The lowest BCUT2D eigenvalue weighted by Crippen LogP contribution is -2.39. The molecule has 2 atom stereocenters. The van der Waals surface area contributed by atoms with Crippen LogP contribution in [0.4, 0.5) is 5.69 Å². The Morgan fingerprint density at radius 2 is 1.69 bits per heavy atom. The Balaban J connectivity index is 1.83. The molecule has 4 rings (SSSR count).